The average molecular weight is 202 g/mol. The van der Waals surface area contributed by atoms with E-state index in [0.29, 0.717) is 5.92 Å². The zero-order valence-corrected chi connectivity index (χ0v) is 8.80. The standard InChI is InChI=1S/C11H14N4/c1-15-5-2-9(8-15)10(6-12)11-7-13-3-4-14-11/h3-4,7,9-10H,2,5,8H2,1H3. The van der Waals surface area contributed by atoms with E-state index in [9.17, 15) is 5.26 Å². The van der Waals surface area contributed by atoms with Crippen LogP contribution in [0.1, 0.15) is 18.0 Å². The van der Waals surface area contributed by atoms with Crippen LogP contribution in [0.5, 0.6) is 0 Å². The maximum absolute atomic E-state index is 9.19. The highest BCUT2D eigenvalue weighted by atomic mass is 15.1. The molecule has 2 atom stereocenters. The van der Waals surface area contributed by atoms with Crippen molar-refractivity contribution in [3.8, 4) is 6.07 Å². The van der Waals surface area contributed by atoms with Gasteiger partial charge in [0, 0.05) is 25.1 Å². The number of likely N-dealkylation sites (tertiary alicyclic amines) is 1. The molecule has 4 heteroatoms. The van der Waals surface area contributed by atoms with Crippen LogP contribution in [-0.2, 0) is 0 Å². The van der Waals surface area contributed by atoms with Crippen molar-refractivity contribution >= 4 is 0 Å². The first-order valence-corrected chi connectivity index (χ1v) is 5.15. The van der Waals surface area contributed by atoms with Crippen molar-refractivity contribution in [2.24, 2.45) is 5.92 Å². The molecule has 1 aromatic rings. The van der Waals surface area contributed by atoms with Gasteiger partial charge in [-0.15, -0.1) is 0 Å². The summed E-state index contributed by atoms with van der Waals surface area (Å²) in [6.07, 6.45) is 6.06. The van der Waals surface area contributed by atoms with Crippen LogP contribution in [0.25, 0.3) is 0 Å². The van der Waals surface area contributed by atoms with Gasteiger partial charge in [0.05, 0.1) is 17.7 Å². The molecule has 1 aromatic heterocycles. The average Bonchev–Trinajstić information content (AvgIpc) is 2.68. The van der Waals surface area contributed by atoms with E-state index in [1.807, 2.05) is 0 Å². The van der Waals surface area contributed by atoms with Crippen molar-refractivity contribution in [2.45, 2.75) is 12.3 Å². The van der Waals surface area contributed by atoms with Crippen LogP contribution in [0.4, 0.5) is 0 Å². The van der Waals surface area contributed by atoms with Crippen LogP contribution in [0, 0.1) is 17.2 Å². The minimum absolute atomic E-state index is 0.108. The molecular formula is C11H14N4. The van der Waals surface area contributed by atoms with Crippen molar-refractivity contribution in [3.63, 3.8) is 0 Å². The molecule has 0 radical (unpaired) electrons. The molecule has 1 aliphatic rings. The van der Waals surface area contributed by atoms with E-state index >= 15 is 0 Å². The lowest BCUT2D eigenvalue weighted by atomic mass is 9.90. The number of hydrogen-bond donors (Lipinski definition) is 0. The second kappa shape index (κ2) is 4.37. The molecule has 0 aliphatic carbocycles. The van der Waals surface area contributed by atoms with Gasteiger partial charge in [0.25, 0.3) is 0 Å². The Labute approximate surface area is 89.6 Å². The molecule has 0 amide bonds. The van der Waals surface area contributed by atoms with Gasteiger partial charge in [-0.3, -0.25) is 9.97 Å². The number of nitrogens with zero attached hydrogens (tertiary/aromatic N) is 4. The summed E-state index contributed by atoms with van der Waals surface area (Å²) in [6, 6.07) is 2.35. The minimum Gasteiger partial charge on any atom is -0.306 e. The Morgan fingerprint density at radius 3 is 3.00 bits per heavy atom. The van der Waals surface area contributed by atoms with Gasteiger partial charge < -0.3 is 4.90 Å². The molecule has 4 nitrogen and oxygen atoms in total. The zero-order valence-electron chi connectivity index (χ0n) is 8.80. The second-order valence-electron chi connectivity index (χ2n) is 4.05. The molecule has 2 heterocycles. The maximum Gasteiger partial charge on any atom is 0.0941 e. The van der Waals surface area contributed by atoms with Crippen molar-refractivity contribution in [2.75, 3.05) is 20.1 Å². The Balaban J connectivity index is 2.15. The summed E-state index contributed by atoms with van der Waals surface area (Å²) in [5.74, 6) is 0.292. The fourth-order valence-corrected chi connectivity index (χ4v) is 2.13. The molecule has 0 bridgehead atoms. The van der Waals surface area contributed by atoms with Gasteiger partial charge >= 0.3 is 0 Å². The number of rotatable bonds is 2. The van der Waals surface area contributed by atoms with Crippen LogP contribution in [0.15, 0.2) is 18.6 Å². The Kier molecular flexibility index (Phi) is 2.93. The Morgan fingerprint density at radius 2 is 2.47 bits per heavy atom. The van der Waals surface area contributed by atoms with E-state index in [-0.39, 0.29) is 5.92 Å². The van der Waals surface area contributed by atoms with Gasteiger partial charge in [-0.1, -0.05) is 0 Å². The molecule has 1 fully saturated rings. The topological polar surface area (TPSA) is 52.8 Å². The second-order valence-corrected chi connectivity index (χ2v) is 4.05. The summed E-state index contributed by atoms with van der Waals surface area (Å²) >= 11 is 0. The van der Waals surface area contributed by atoms with Crippen LogP contribution in [0.2, 0.25) is 0 Å². The van der Waals surface area contributed by atoms with Crippen LogP contribution < -0.4 is 0 Å². The lowest BCUT2D eigenvalue weighted by molar-refractivity contribution is 0.385. The van der Waals surface area contributed by atoms with E-state index in [0.717, 1.165) is 25.2 Å². The Bertz CT molecular complexity index is 357. The summed E-state index contributed by atoms with van der Waals surface area (Å²) in [5.41, 5.74) is 0.806. The lowest BCUT2D eigenvalue weighted by Crippen LogP contribution is -2.18. The third-order valence-corrected chi connectivity index (χ3v) is 2.94. The van der Waals surface area contributed by atoms with E-state index in [2.05, 4.69) is 28.0 Å². The number of nitriles is 1. The Hall–Kier alpha value is -1.47. The minimum atomic E-state index is -0.108. The van der Waals surface area contributed by atoms with Crippen molar-refractivity contribution < 1.29 is 0 Å². The first-order valence-electron chi connectivity index (χ1n) is 5.15. The summed E-state index contributed by atoms with van der Waals surface area (Å²) < 4.78 is 0. The van der Waals surface area contributed by atoms with Gasteiger partial charge in [-0.25, -0.2) is 0 Å². The summed E-state index contributed by atoms with van der Waals surface area (Å²) in [4.78, 5) is 10.5. The molecule has 2 unspecified atom stereocenters. The fraction of sp³-hybridized carbons (Fsp3) is 0.545. The summed E-state index contributed by atoms with van der Waals surface area (Å²) in [6.45, 7) is 2.05. The van der Waals surface area contributed by atoms with E-state index in [1.54, 1.807) is 18.6 Å². The zero-order chi connectivity index (χ0) is 10.7. The highest BCUT2D eigenvalue weighted by molar-refractivity contribution is 5.15. The molecule has 15 heavy (non-hydrogen) atoms. The highest BCUT2D eigenvalue weighted by Gasteiger charge is 2.29. The molecule has 78 valence electrons. The monoisotopic (exact) mass is 202 g/mol. The quantitative estimate of drug-likeness (QED) is 0.719. The number of hydrogen-bond acceptors (Lipinski definition) is 4. The number of aromatic nitrogens is 2. The summed E-state index contributed by atoms with van der Waals surface area (Å²) in [7, 11) is 2.09. The molecule has 1 aliphatic heterocycles. The van der Waals surface area contributed by atoms with E-state index in [4.69, 9.17) is 0 Å². The predicted molar refractivity (Wildman–Crippen MR) is 56.0 cm³/mol. The van der Waals surface area contributed by atoms with Crippen molar-refractivity contribution in [3.05, 3.63) is 24.3 Å². The summed E-state index contributed by atoms with van der Waals surface area (Å²) in [5, 5.41) is 9.19. The van der Waals surface area contributed by atoms with Crippen molar-refractivity contribution in [1.29, 1.82) is 5.26 Å². The van der Waals surface area contributed by atoms with Crippen molar-refractivity contribution in [1.82, 2.24) is 14.9 Å². The third kappa shape index (κ3) is 2.13. The van der Waals surface area contributed by atoms with Gasteiger partial charge in [-0.2, -0.15) is 5.26 Å². The van der Waals surface area contributed by atoms with Gasteiger partial charge in [-0.05, 0) is 25.9 Å². The molecule has 0 saturated carbocycles. The van der Waals surface area contributed by atoms with Gasteiger partial charge in [0.15, 0.2) is 0 Å². The van der Waals surface area contributed by atoms with Crippen LogP contribution in [0.3, 0.4) is 0 Å². The van der Waals surface area contributed by atoms with Gasteiger partial charge in [0.2, 0.25) is 0 Å². The van der Waals surface area contributed by atoms with E-state index in [1.165, 1.54) is 0 Å². The highest BCUT2D eigenvalue weighted by Crippen LogP contribution is 2.29. The first kappa shape index (κ1) is 10.1. The largest absolute Gasteiger partial charge is 0.306 e. The lowest BCUT2D eigenvalue weighted by Gasteiger charge is -2.15. The normalized spacial score (nSPS) is 23.6. The molecular weight excluding hydrogens is 188 g/mol. The van der Waals surface area contributed by atoms with Gasteiger partial charge in [0.1, 0.15) is 0 Å². The first-order chi connectivity index (χ1) is 7.31. The van der Waals surface area contributed by atoms with E-state index < -0.39 is 0 Å². The van der Waals surface area contributed by atoms with Crippen LogP contribution in [-0.4, -0.2) is 35.0 Å². The fourth-order valence-electron chi connectivity index (χ4n) is 2.13. The molecule has 0 spiro atoms. The SMILES string of the molecule is CN1CCC(C(C#N)c2cnccn2)C1. The smallest absolute Gasteiger partial charge is 0.0941 e. The maximum atomic E-state index is 9.19. The van der Waals surface area contributed by atoms with Crippen LogP contribution >= 0.6 is 0 Å². The molecule has 0 aromatic carbocycles. The predicted octanol–water partition coefficient (Wildman–Crippen LogP) is 1.04. The molecule has 0 N–H and O–H groups in total. The Morgan fingerprint density at radius 1 is 1.60 bits per heavy atom. The molecule has 2 rings (SSSR count). The third-order valence-electron chi connectivity index (χ3n) is 2.94. The molecule has 1 saturated heterocycles.